The zero-order chi connectivity index (χ0) is 15.6. The van der Waals surface area contributed by atoms with Crippen LogP contribution in [0.5, 0.6) is 0 Å². The van der Waals surface area contributed by atoms with Crippen LogP contribution in [0.1, 0.15) is 12.5 Å². The molecule has 0 bridgehead atoms. The van der Waals surface area contributed by atoms with E-state index in [0.717, 1.165) is 12.1 Å². The van der Waals surface area contributed by atoms with E-state index in [1.54, 1.807) is 18.8 Å². The minimum atomic E-state index is -3.93. The summed E-state index contributed by atoms with van der Waals surface area (Å²) in [5, 5.41) is 2.80. The number of thioether (sulfide) groups is 1. The summed E-state index contributed by atoms with van der Waals surface area (Å²) < 4.78 is 54.4. The van der Waals surface area contributed by atoms with E-state index in [9.17, 15) is 17.2 Å². The van der Waals surface area contributed by atoms with E-state index < -0.39 is 26.6 Å². The summed E-state index contributed by atoms with van der Waals surface area (Å²) in [5.74, 6) is -1.08. The minimum absolute atomic E-state index is 0.0622. The van der Waals surface area contributed by atoms with Crippen LogP contribution >= 0.6 is 11.8 Å². The van der Waals surface area contributed by atoms with E-state index in [1.165, 1.54) is 4.31 Å². The second-order valence-corrected chi connectivity index (χ2v) is 8.37. The van der Waals surface area contributed by atoms with Gasteiger partial charge >= 0.3 is 0 Å². The fraction of sp³-hybridized carbons (Fsp3) is 0.538. The molecule has 4 nitrogen and oxygen atoms in total. The number of hydrogen-bond acceptors (Lipinski definition) is 4. The summed E-state index contributed by atoms with van der Waals surface area (Å²) in [7, 11) is -2.39. The monoisotopic (exact) mass is 336 g/mol. The van der Waals surface area contributed by atoms with Gasteiger partial charge in [-0.1, -0.05) is 6.92 Å². The molecule has 1 fully saturated rings. The van der Waals surface area contributed by atoms with Crippen molar-refractivity contribution in [1.29, 1.82) is 0 Å². The average Bonchev–Trinajstić information content (AvgIpc) is 2.43. The van der Waals surface area contributed by atoms with Crippen molar-refractivity contribution in [2.45, 2.75) is 23.6 Å². The van der Waals surface area contributed by atoms with Crippen molar-refractivity contribution in [3.05, 3.63) is 29.3 Å². The smallest absolute Gasteiger partial charge is 0.246 e. The largest absolute Gasteiger partial charge is 0.315 e. The van der Waals surface area contributed by atoms with Crippen molar-refractivity contribution >= 4 is 21.8 Å². The molecule has 21 heavy (non-hydrogen) atoms. The van der Waals surface area contributed by atoms with Gasteiger partial charge in [0.25, 0.3) is 0 Å². The predicted molar refractivity (Wildman–Crippen MR) is 79.8 cm³/mol. The lowest BCUT2D eigenvalue weighted by Crippen LogP contribution is -2.41. The Morgan fingerprint density at radius 2 is 2.14 bits per heavy atom. The van der Waals surface area contributed by atoms with Gasteiger partial charge in [-0.25, -0.2) is 17.2 Å². The molecule has 0 aliphatic carbocycles. The van der Waals surface area contributed by atoms with Gasteiger partial charge in [-0.15, -0.1) is 0 Å². The molecule has 0 aromatic heterocycles. The van der Waals surface area contributed by atoms with Crippen LogP contribution in [0.3, 0.4) is 0 Å². The van der Waals surface area contributed by atoms with E-state index in [0.29, 0.717) is 18.8 Å². The normalized spacial score (nSPS) is 20.7. The molecule has 1 aliphatic rings. The van der Waals surface area contributed by atoms with Gasteiger partial charge in [0, 0.05) is 36.2 Å². The standard InChI is InChI=1S/C13H18F2N2O2S2/c1-9-8-17(5-6-20-9)21(18,19)12-4-3-11(14)10(7-16-2)13(12)15/h3-4,9,16H,5-8H2,1-2H3. The maximum Gasteiger partial charge on any atom is 0.246 e. The molecule has 1 aliphatic heterocycles. The molecule has 1 aromatic carbocycles. The van der Waals surface area contributed by atoms with Crippen LogP contribution in [-0.4, -0.2) is 43.9 Å². The molecular formula is C13H18F2N2O2S2. The van der Waals surface area contributed by atoms with E-state index in [2.05, 4.69) is 5.32 Å². The molecule has 1 aromatic rings. The van der Waals surface area contributed by atoms with Crippen LogP contribution in [0.15, 0.2) is 17.0 Å². The van der Waals surface area contributed by atoms with Crippen molar-refractivity contribution in [3.8, 4) is 0 Å². The first kappa shape index (κ1) is 16.7. The topological polar surface area (TPSA) is 49.4 Å². The first-order chi connectivity index (χ1) is 9.87. The van der Waals surface area contributed by atoms with Gasteiger partial charge in [0.2, 0.25) is 10.0 Å². The Kier molecular flexibility index (Phi) is 5.24. The van der Waals surface area contributed by atoms with Gasteiger partial charge < -0.3 is 5.32 Å². The maximum atomic E-state index is 14.4. The summed E-state index contributed by atoms with van der Waals surface area (Å²) in [6, 6.07) is 2.01. The van der Waals surface area contributed by atoms with Crippen LogP contribution < -0.4 is 5.32 Å². The third-order valence-electron chi connectivity index (χ3n) is 3.33. The van der Waals surface area contributed by atoms with Gasteiger partial charge in [0.1, 0.15) is 10.7 Å². The zero-order valence-corrected chi connectivity index (χ0v) is 13.5. The summed E-state index contributed by atoms with van der Waals surface area (Å²) >= 11 is 1.68. The molecule has 8 heteroatoms. The molecular weight excluding hydrogens is 318 g/mol. The summed E-state index contributed by atoms with van der Waals surface area (Å²) in [6.07, 6.45) is 0. The molecule has 1 atom stereocenters. The molecule has 2 rings (SSSR count). The van der Waals surface area contributed by atoms with Crippen LogP contribution in [0.2, 0.25) is 0 Å². The lowest BCUT2D eigenvalue weighted by molar-refractivity contribution is 0.418. The SMILES string of the molecule is CNCc1c(F)ccc(S(=O)(=O)N2CCSC(C)C2)c1F. The first-order valence-electron chi connectivity index (χ1n) is 6.61. The highest BCUT2D eigenvalue weighted by atomic mass is 32.2. The third kappa shape index (κ3) is 3.39. The summed E-state index contributed by atoms with van der Waals surface area (Å²) in [4.78, 5) is -0.451. The second kappa shape index (κ2) is 6.60. The summed E-state index contributed by atoms with van der Waals surface area (Å²) in [5.41, 5.74) is -0.252. The Labute approximate surface area is 128 Å². The van der Waals surface area contributed by atoms with E-state index in [4.69, 9.17) is 0 Å². The number of hydrogen-bond donors (Lipinski definition) is 1. The fourth-order valence-electron chi connectivity index (χ4n) is 2.26. The highest BCUT2D eigenvalue weighted by Gasteiger charge is 2.32. The van der Waals surface area contributed by atoms with Crippen LogP contribution in [0, 0.1) is 11.6 Å². The van der Waals surface area contributed by atoms with Crippen molar-refractivity contribution in [2.75, 3.05) is 25.9 Å². The van der Waals surface area contributed by atoms with Gasteiger partial charge in [-0.05, 0) is 19.2 Å². The minimum Gasteiger partial charge on any atom is -0.315 e. The molecule has 0 amide bonds. The summed E-state index contributed by atoms with van der Waals surface area (Å²) in [6.45, 7) is 2.55. The Bertz CT molecular complexity index is 623. The van der Waals surface area contributed by atoms with Gasteiger partial charge in [-0.3, -0.25) is 0 Å². The van der Waals surface area contributed by atoms with E-state index >= 15 is 0 Å². The average molecular weight is 336 g/mol. The van der Waals surface area contributed by atoms with Gasteiger partial charge in [-0.2, -0.15) is 16.1 Å². The number of sulfonamides is 1. The molecule has 0 saturated carbocycles. The van der Waals surface area contributed by atoms with Crippen LogP contribution in [-0.2, 0) is 16.6 Å². The lowest BCUT2D eigenvalue weighted by Gasteiger charge is -2.30. The molecule has 1 N–H and O–H groups in total. The highest BCUT2D eigenvalue weighted by Crippen LogP contribution is 2.27. The maximum absolute atomic E-state index is 14.4. The number of nitrogens with zero attached hydrogens (tertiary/aromatic N) is 1. The van der Waals surface area contributed by atoms with Crippen LogP contribution in [0.25, 0.3) is 0 Å². The Morgan fingerprint density at radius 3 is 2.76 bits per heavy atom. The zero-order valence-electron chi connectivity index (χ0n) is 11.9. The third-order valence-corrected chi connectivity index (χ3v) is 6.34. The molecule has 0 spiro atoms. The molecule has 1 saturated heterocycles. The second-order valence-electron chi connectivity index (χ2n) is 4.91. The lowest BCUT2D eigenvalue weighted by atomic mass is 10.2. The van der Waals surface area contributed by atoms with Crippen molar-refractivity contribution < 1.29 is 17.2 Å². The number of halogens is 2. The van der Waals surface area contributed by atoms with Crippen LogP contribution in [0.4, 0.5) is 8.78 Å². The first-order valence-corrected chi connectivity index (χ1v) is 9.10. The van der Waals surface area contributed by atoms with Crippen molar-refractivity contribution in [3.63, 3.8) is 0 Å². The quantitative estimate of drug-likeness (QED) is 0.911. The van der Waals surface area contributed by atoms with E-state index in [1.807, 2.05) is 6.92 Å². The van der Waals surface area contributed by atoms with Crippen molar-refractivity contribution in [1.82, 2.24) is 9.62 Å². The molecule has 1 unspecified atom stereocenters. The Hall–Kier alpha value is -0.700. The molecule has 118 valence electrons. The molecule has 1 heterocycles. The van der Waals surface area contributed by atoms with Gasteiger partial charge in [0.15, 0.2) is 5.82 Å². The Morgan fingerprint density at radius 1 is 1.43 bits per heavy atom. The predicted octanol–water partition coefficient (Wildman–Crippen LogP) is 1.81. The molecule has 0 radical (unpaired) electrons. The van der Waals surface area contributed by atoms with Gasteiger partial charge in [0.05, 0.1) is 0 Å². The van der Waals surface area contributed by atoms with E-state index in [-0.39, 0.29) is 17.4 Å². The highest BCUT2D eigenvalue weighted by molar-refractivity contribution is 8.00. The number of benzene rings is 1. The number of rotatable bonds is 4. The number of nitrogens with one attached hydrogen (secondary N) is 1. The Balaban J connectivity index is 2.42. The fourth-order valence-corrected chi connectivity index (χ4v) is 5.10. The van der Waals surface area contributed by atoms with Crippen molar-refractivity contribution in [2.24, 2.45) is 0 Å².